The van der Waals surface area contributed by atoms with Crippen molar-refractivity contribution in [1.29, 1.82) is 0 Å². The van der Waals surface area contributed by atoms with E-state index in [4.69, 9.17) is 0 Å². The van der Waals surface area contributed by atoms with Gasteiger partial charge in [0.25, 0.3) is 0 Å². The molecule has 0 saturated carbocycles. The maximum absolute atomic E-state index is 11.2. The van der Waals surface area contributed by atoms with Crippen molar-refractivity contribution in [2.75, 3.05) is 0 Å². The molecule has 2 N–H and O–H groups in total. The normalized spacial score (nSPS) is 16.9. The first-order valence-electron chi connectivity index (χ1n) is 5.96. The Morgan fingerprint density at radius 2 is 2.10 bits per heavy atom. The molecule has 2 aromatic rings. The quantitative estimate of drug-likeness (QED) is 0.883. The Morgan fingerprint density at radius 1 is 1.40 bits per heavy atom. The molecule has 0 bridgehead atoms. The zero-order chi connectivity index (χ0) is 14.4. The van der Waals surface area contributed by atoms with Crippen LogP contribution in [0.15, 0.2) is 34.8 Å². The minimum atomic E-state index is -1.05. The van der Waals surface area contributed by atoms with E-state index in [2.05, 4.69) is 21.0 Å². The molecule has 1 aliphatic carbocycles. The fourth-order valence-electron chi connectivity index (χ4n) is 2.45. The number of aryl methyl sites for hydroxylation is 1. The molecule has 0 saturated heterocycles. The second-order valence-electron chi connectivity index (χ2n) is 4.55. The summed E-state index contributed by atoms with van der Waals surface area (Å²) in [7, 11) is 1.58. The number of aliphatic hydroxyl groups is 1. The number of benzene rings is 1. The first-order chi connectivity index (χ1) is 9.50. The second kappa shape index (κ2) is 4.57. The predicted octanol–water partition coefficient (Wildman–Crippen LogP) is 2.36. The van der Waals surface area contributed by atoms with Crippen LogP contribution in [0, 0.1) is 0 Å². The SMILES string of the molecule is Cn1nc(C2=CC(O)c3ccccc32)c(Br)c1C(=O)O. The summed E-state index contributed by atoms with van der Waals surface area (Å²) in [4.78, 5) is 11.2. The lowest BCUT2D eigenvalue weighted by Gasteiger charge is -2.04. The van der Waals surface area contributed by atoms with Crippen molar-refractivity contribution in [2.45, 2.75) is 6.10 Å². The number of nitrogens with zero attached hydrogens (tertiary/aromatic N) is 2. The van der Waals surface area contributed by atoms with Gasteiger partial charge in [0.15, 0.2) is 5.69 Å². The molecule has 1 atom stereocenters. The molecule has 3 rings (SSSR count). The number of aliphatic hydroxyl groups excluding tert-OH is 1. The highest BCUT2D eigenvalue weighted by molar-refractivity contribution is 9.10. The number of hydrogen-bond donors (Lipinski definition) is 2. The lowest BCUT2D eigenvalue weighted by molar-refractivity contribution is 0.0684. The van der Waals surface area contributed by atoms with E-state index in [1.165, 1.54) is 4.68 Å². The minimum absolute atomic E-state index is 0.0831. The number of hydrogen-bond acceptors (Lipinski definition) is 3. The van der Waals surface area contributed by atoms with Crippen LogP contribution in [0.25, 0.3) is 5.57 Å². The lowest BCUT2D eigenvalue weighted by atomic mass is 10.0. The van der Waals surface area contributed by atoms with Crippen LogP contribution in [0.5, 0.6) is 0 Å². The number of aromatic carboxylic acids is 1. The van der Waals surface area contributed by atoms with E-state index in [-0.39, 0.29) is 5.69 Å². The smallest absolute Gasteiger partial charge is 0.355 e. The zero-order valence-corrected chi connectivity index (χ0v) is 12.1. The van der Waals surface area contributed by atoms with Gasteiger partial charge < -0.3 is 10.2 Å². The first-order valence-corrected chi connectivity index (χ1v) is 6.75. The van der Waals surface area contributed by atoms with E-state index in [1.807, 2.05) is 24.3 Å². The summed E-state index contributed by atoms with van der Waals surface area (Å²) in [6.45, 7) is 0. The van der Waals surface area contributed by atoms with Crippen LogP contribution in [0.3, 0.4) is 0 Å². The number of fused-ring (bicyclic) bond motifs is 1. The van der Waals surface area contributed by atoms with Gasteiger partial charge in [0.05, 0.1) is 10.6 Å². The summed E-state index contributed by atoms with van der Waals surface area (Å²) in [5.74, 6) is -1.05. The molecule has 1 aromatic heterocycles. The van der Waals surface area contributed by atoms with Gasteiger partial charge >= 0.3 is 5.97 Å². The van der Waals surface area contributed by atoms with E-state index in [9.17, 15) is 15.0 Å². The Balaban J connectivity index is 2.19. The minimum Gasteiger partial charge on any atom is -0.476 e. The summed E-state index contributed by atoms with van der Waals surface area (Å²) in [6.07, 6.45) is 0.993. The van der Waals surface area contributed by atoms with Crippen LogP contribution in [0.2, 0.25) is 0 Å². The molecule has 1 heterocycles. The molecule has 1 aromatic carbocycles. The average Bonchev–Trinajstić information content (AvgIpc) is 2.88. The fraction of sp³-hybridized carbons (Fsp3) is 0.143. The third-order valence-electron chi connectivity index (χ3n) is 3.34. The van der Waals surface area contributed by atoms with Crippen molar-refractivity contribution in [1.82, 2.24) is 9.78 Å². The van der Waals surface area contributed by atoms with Crippen LogP contribution in [-0.4, -0.2) is 26.0 Å². The molecule has 0 amide bonds. The highest BCUT2D eigenvalue weighted by atomic mass is 79.9. The van der Waals surface area contributed by atoms with Gasteiger partial charge in [0.1, 0.15) is 5.69 Å². The summed E-state index contributed by atoms with van der Waals surface area (Å²) in [5, 5.41) is 23.5. The van der Waals surface area contributed by atoms with Gasteiger partial charge in [-0.2, -0.15) is 5.10 Å². The van der Waals surface area contributed by atoms with Crippen LogP contribution in [-0.2, 0) is 7.05 Å². The van der Waals surface area contributed by atoms with Crippen molar-refractivity contribution < 1.29 is 15.0 Å². The number of aromatic nitrogens is 2. The molecule has 0 fully saturated rings. The van der Waals surface area contributed by atoms with Crippen LogP contribution in [0.1, 0.15) is 33.4 Å². The molecule has 5 nitrogen and oxygen atoms in total. The Hall–Kier alpha value is -1.92. The van der Waals surface area contributed by atoms with Gasteiger partial charge in [-0.1, -0.05) is 24.3 Å². The molecule has 0 aliphatic heterocycles. The number of carbonyl (C=O) groups is 1. The topological polar surface area (TPSA) is 75.3 Å². The van der Waals surface area contributed by atoms with Gasteiger partial charge in [-0.25, -0.2) is 4.79 Å². The van der Waals surface area contributed by atoms with Gasteiger partial charge in [0, 0.05) is 12.6 Å². The van der Waals surface area contributed by atoms with E-state index in [0.717, 1.165) is 16.7 Å². The Kier molecular flexibility index (Phi) is 2.99. The van der Waals surface area contributed by atoms with E-state index >= 15 is 0 Å². The molecule has 0 radical (unpaired) electrons. The third-order valence-corrected chi connectivity index (χ3v) is 4.09. The molecule has 0 spiro atoms. The van der Waals surface area contributed by atoms with Crippen molar-refractivity contribution in [3.05, 3.63) is 57.3 Å². The highest BCUT2D eigenvalue weighted by Crippen LogP contribution is 2.40. The Morgan fingerprint density at radius 3 is 2.75 bits per heavy atom. The van der Waals surface area contributed by atoms with Crippen molar-refractivity contribution in [2.24, 2.45) is 7.05 Å². The molecule has 1 unspecified atom stereocenters. The third kappa shape index (κ3) is 1.80. The highest BCUT2D eigenvalue weighted by Gasteiger charge is 2.28. The summed E-state index contributed by atoms with van der Waals surface area (Å²) >= 11 is 3.30. The van der Waals surface area contributed by atoms with Gasteiger partial charge in [0.2, 0.25) is 0 Å². The first kappa shape index (κ1) is 13.1. The number of carboxylic acids is 1. The second-order valence-corrected chi connectivity index (χ2v) is 5.35. The molecular weight excluding hydrogens is 324 g/mol. The maximum atomic E-state index is 11.2. The molecule has 102 valence electrons. The monoisotopic (exact) mass is 334 g/mol. The number of rotatable bonds is 2. The van der Waals surface area contributed by atoms with E-state index < -0.39 is 12.1 Å². The van der Waals surface area contributed by atoms with Crippen LogP contribution in [0.4, 0.5) is 0 Å². The van der Waals surface area contributed by atoms with Gasteiger partial charge in [-0.3, -0.25) is 4.68 Å². The zero-order valence-electron chi connectivity index (χ0n) is 10.5. The van der Waals surface area contributed by atoms with E-state index in [1.54, 1.807) is 13.1 Å². The van der Waals surface area contributed by atoms with E-state index in [0.29, 0.717) is 10.2 Å². The summed E-state index contributed by atoms with van der Waals surface area (Å²) < 4.78 is 1.73. The standard InChI is InChI=1S/C14H11BrN2O3/c1-17-13(14(19)20)11(15)12(16-17)9-6-10(18)8-5-3-2-4-7(8)9/h2-6,10,18H,1H3,(H,19,20). The van der Waals surface area contributed by atoms with Gasteiger partial charge in [-0.15, -0.1) is 0 Å². The number of carboxylic acid groups (broad SMARTS) is 1. The van der Waals surface area contributed by atoms with Crippen molar-refractivity contribution >= 4 is 27.5 Å². The lowest BCUT2D eigenvalue weighted by Crippen LogP contribution is -2.05. The Labute approximate surface area is 123 Å². The van der Waals surface area contributed by atoms with Crippen molar-refractivity contribution in [3.8, 4) is 0 Å². The van der Waals surface area contributed by atoms with Crippen LogP contribution < -0.4 is 0 Å². The summed E-state index contributed by atoms with van der Waals surface area (Å²) in [6, 6.07) is 7.46. The largest absolute Gasteiger partial charge is 0.476 e. The molecular formula is C14H11BrN2O3. The summed E-state index contributed by atoms with van der Waals surface area (Å²) in [5.41, 5.74) is 3.02. The number of halogens is 1. The van der Waals surface area contributed by atoms with Crippen LogP contribution >= 0.6 is 15.9 Å². The maximum Gasteiger partial charge on any atom is 0.355 e. The Bertz CT molecular complexity index is 749. The molecule has 1 aliphatic rings. The molecule has 20 heavy (non-hydrogen) atoms. The average molecular weight is 335 g/mol. The predicted molar refractivity (Wildman–Crippen MR) is 76.3 cm³/mol. The molecule has 6 heteroatoms. The fourth-order valence-corrected chi connectivity index (χ4v) is 3.17. The van der Waals surface area contributed by atoms with Crippen molar-refractivity contribution in [3.63, 3.8) is 0 Å². The van der Waals surface area contributed by atoms with Gasteiger partial charge in [-0.05, 0) is 33.1 Å².